The fourth-order valence-corrected chi connectivity index (χ4v) is 4.68. The molecule has 0 saturated carbocycles. The third kappa shape index (κ3) is 5.33. The lowest BCUT2D eigenvalue weighted by atomic mass is 10.0. The second-order valence-corrected chi connectivity index (χ2v) is 9.22. The molecular weight excluding hydrogens is 456 g/mol. The molecule has 2 aromatic carbocycles. The van der Waals surface area contributed by atoms with Crippen molar-refractivity contribution in [2.75, 3.05) is 23.3 Å². The third-order valence-electron chi connectivity index (χ3n) is 6.62. The molecule has 0 unspecified atom stereocenters. The van der Waals surface area contributed by atoms with Gasteiger partial charge >= 0.3 is 0 Å². The molecule has 1 aliphatic heterocycles. The molecule has 0 amide bonds. The Morgan fingerprint density at radius 1 is 0.703 bits per heavy atom. The summed E-state index contributed by atoms with van der Waals surface area (Å²) < 4.78 is 0. The number of hydrogen-bond acceptors (Lipinski definition) is 6. The number of anilines is 2. The fraction of sp³-hybridized carbons (Fsp3) is 0.161. The minimum atomic E-state index is 0.579. The predicted molar refractivity (Wildman–Crippen MR) is 149 cm³/mol. The Kier molecular flexibility index (Phi) is 6.54. The molecule has 0 spiro atoms. The van der Waals surface area contributed by atoms with E-state index in [1.54, 1.807) is 6.20 Å². The zero-order valence-electron chi connectivity index (χ0n) is 20.6. The molecule has 1 N–H and O–H groups in total. The van der Waals surface area contributed by atoms with E-state index >= 15 is 0 Å². The molecule has 6 nitrogen and oxygen atoms in total. The zero-order chi connectivity index (χ0) is 24.9. The van der Waals surface area contributed by atoms with Crippen molar-refractivity contribution in [3.05, 3.63) is 109 Å². The van der Waals surface area contributed by atoms with Crippen LogP contribution in [0.4, 0.5) is 11.5 Å². The minimum Gasteiger partial charge on any atom is -0.372 e. The Morgan fingerprint density at radius 3 is 2.38 bits per heavy atom. The molecule has 0 radical (unpaired) electrons. The van der Waals surface area contributed by atoms with Gasteiger partial charge in [-0.2, -0.15) is 0 Å². The lowest BCUT2D eigenvalue weighted by Crippen LogP contribution is -2.17. The van der Waals surface area contributed by atoms with Crippen LogP contribution in [0.3, 0.4) is 0 Å². The van der Waals surface area contributed by atoms with Crippen molar-refractivity contribution in [1.29, 1.82) is 0 Å². The van der Waals surface area contributed by atoms with Gasteiger partial charge in [-0.05, 0) is 54.3 Å². The third-order valence-corrected chi connectivity index (χ3v) is 6.62. The Labute approximate surface area is 217 Å². The summed E-state index contributed by atoms with van der Waals surface area (Å²) in [5.41, 5.74) is 7.14. The Morgan fingerprint density at radius 2 is 1.54 bits per heavy atom. The van der Waals surface area contributed by atoms with E-state index in [2.05, 4.69) is 62.6 Å². The van der Waals surface area contributed by atoms with Crippen LogP contribution < -0.4 is 10.2 Å². The summed E-state index contributed by atoms with van der Waals surface area (Å²) in [4.78, 5) is 21.2. The van der Waals surface area contributed by atoms with Gasteiger partial charge in [-0.25, -0.2) is 9.97 Å². The summed E-state index contributed by atoms with van der Waals surface area (Å²) in [5.74, 6) is 1.33. The molecule has 6 heteroatoms. The highest BCUT2D eigenvalue weighted by atomic mass is 15.1. The fourth-order valence-electron chi connectivity index (χ4n) is 4.68. The summed E-state index contributed by atoms with van der Waals surface area (Å²) in [6, 6.07) is 28.9. The average Bonchev–Trinajstić information content (AvgIpc) is 3.53. The number of pyridine rings is 2. The number of nitrogens with one attached hydrogen (secondary N) is 1. The normalized spacial score (nSPS) is 13.0. The number of nitrogens with zero attached hydrogens (tertiary/aromatic N) is 5. The van der Waals surface area contributed by atoms with Crippen LogP contribution in [0.2, 0.25) is 0 Å². The smallest absolute Gasteiger partial charge is 0.180 e. The molecule has 0 bridgehead atoms. The van der Waals surface area contributed by atoms with E-state index in [9.17, 15) is 0 Å². The molecule has 3 aromatic heterocycles. The number of benzene rings is 2. The van der Waals surface area contributed by atoms with Crippen LogP contribution in [0.25, 0.3) is 33.9 Å². The van der Waals surface area contributed by atoms with Crippen molar-refractivity contribution in [1.82, 2.24) is 19.9 Å². The first-order chi connectivity index (χ1) is 18.3. The van der Waals surface area contributed by atoms with Gasteiger partial charge in [-0.3, -0.25) is 9.97 Å². The Hall–Kier alpha value is -4.58. The van der Waals surface area contributed by atoms with Crippen LogP contribution in [0, 0.1) is 0 Å². The summed E-state index contributed by atoms with van der Waals surface area (Å²) >= 11 is 0. The van der Waals surface area contributed by atoms with E-state index in [1.165, 1.54) is 24.1 Å². The SMILES string of the molecule is c1ccc(CNc2cc(-c3cncc(-c4cccc(N5CCCC5)c4)c3)nc(-c3ccccn3)n2)cc1. The molecule has 6 rings (SSSR count). The average molecular weight is 485 g/mol. The zero-order valence-corrected chi connectivity index (χ0v) is 20.6. The molecular formula is C31H28N6. The number of rotatable bonds is 7. The first-order valence-electron chi connectivity index (χ1n) is 12.7. The van der Waals surface area contributed by atoms with E-state index < -0.39 is 0 Å². The number of hydrogen-bond donors (Lipinski definition) is 1. The monoisotopic (exact) mass is 484 g/mol. The van der Waals surface area contributed by atoms with Gasteiger partial charge in [0.1, 0.15) is 11.5 Å². The van der Waals surface area contributed by atoms with Crippen molar-refractivity contribution in [3.63, 3.8) is 0 Å². The molecule has 1 fully saturated rings. The first-order valence-corrected chi connectivity index (χ1v) is 12.7. The van der Waals surface area contributed by atoms with Gasteiger partial charge < -0.3 is 10.2 Å². The van der Waals surface area contributed by atoms with E-state index in [0.29, 0.717) is 12.4 Å². The van der Waals surface area contributed by atoms with Crippen LogP contribution in [-0.2, 0) is 6.54 Å². The maximum absolute atomic E-state index is 4.88. The molecule has 37 heavy (non-hydrogen) atoms. The highest BCUT2D eigenvalue weighted by Gasteiger charge is 2.14. The van der Waals surface area contributed by atoms with Crippen LogP contribution in [0.1, 0.15) is 18.4 Å². The molecule has 1 aliphatic rings. The van der Waals surface area contributed by atoms with Gasteiger partial charge in [0.15, 0.2) is 5.82 Å². The van der Waals surface area contributed by atoms with Crippen molar-refractivity contribution >= 4 is 11.5 Å². The molecule has 5 aromatic rings. The first kappa shape index (κ1) is 22.9. The lowest BCUT2D eigenvalue weighted by molar-refractivity contribution is 0.949. The van der Waals surface area contributed by atoms with Gasteiger partial charge in [0.2, 0.25) is 0 Å². The molecule has 1 saturated heterocycles. The van der Waals surface area contributed by atoms with Crippen LogP contribution in [0.15, 0.2) is 104 Å². The van der Waals surface area contributed by atoms with E-state index in [4.69, 9.17) is 9.97 Å². The van der Waals surface area contributed by atoms with E-state index in [-0.39, 0.29) is 0 Å². The largest absolute Gasteiger partial charge is 0.372 e. The molecule has 0 atom stereocenters. The maximum Gasteiger partial charge on any atom is 0.180 e. The standard InChI is InChI=1S/C31H28N6/c1-2-9-23(10-3-1)20-34-30-19-29(35-31(36-30)28-13-4-5-14-33-28)26-17-25(21-32-22-26)24-11-8-12-27(18-24)37-15-6-7-16-37/h1-5,8-14,17-19,21-22H,6-7,15-16,20H2,(H,34,35,36). The molecule has 0 aliphatic carbocycles. The molecule has 4 heterocycles. The van der Waals surface area contributed by atoms with Gasteiger partial charge in [-0.1, -0.05) is 48.5 Å². The highest BCUT2D eigenvalue weighted by Crippen LogP contribution is 2.30. The van der Waals surface area contributed by atoms with E-state index in [0.717, 1.165) is 47.0 Å². The van der Waals surface area contributed by atoms with Crippen LogP contribution >= 0.6 is 0 Å². The van der Waals surface area contributed by atoms with Crippen LogP contribution in [0.5, 0.6) is 0 Å². The van der Waals surface area contributed by atoms with Gasteiger partial charge in [0.25, 0.3) is 0 Å². The Balaban J connectivity index is 1.35. The minimum absolute atomic E-state index is 0.579. The van der Waals surface area contributed by atoms with Gasteiger partial charge in [0, 0.05) is 61.1 Å². The van der Waals surface area contributed by atoms with Crippen molar-refractivity contribution in [2.45, 2.75) is 19.4 Å². The highest BCUT2D eigenvalue weighted by molar-refractivity contribution is 5.74. The summed E-state index contributed by atoms with van der Waals surface area (Å²) in [6.07, 6.45) is 8.06. The summed E-state index contributed by atoms with van der Waals surface area (Å²) in [7, 11) is 0. The van der Waals surface area contributed by atoms with Crippen molar-refractivity contribution in [3.8, 4) is 33.9 Å². The van der Waals surface area contributed by atoms with E-state index in [1.807, 2.05) is 54.9 Å². The Bertz CT molecular complexity index is 1480. The summed E-state index contributed by atoms with van der Waals surface area (Å²) in [5, 5.41) is 3.46. The van der Waals surface area contributed by atoms with Gasteiger partial charge in [0.05, 0.1) is 5.69 Å². The predicted octanol–water partition coefficient (Wildman–Crippen LogP) is 6.48. The topological polar surface area (TPSA) is 66.8 Å². The lowest BCUT2D eigenvalue weighted by Gasteiger charge is -2.18. The summed E-state index contributed by atoms with van der Waals surface area (Å²) in [6.45, 7) is 2.91. The maximum atomic E-state index is 4.88. The van der Waals surface area contributed by atoms with Crippen molar-refractivity contribution in [2.24, 2.45) is 0 Å². The quantitative estimate of drug-likeness (QED) is 0.285. The number of aromatic nitrogens is 4. The molecule has 182 valence electrons. The van der Waals surface area contributed by atoms with Crippen LogP contribution in [-0.4, -0.2) is 33.0 Å². The second-order valence-electron chi connectivity index (χ2n) is 9.22. The van der Waals surface area contributed by atoms with Gasteiger partial charge in [-0.15, -0.1) is 0 Å². The second kappa shape index (κ2) is 10.6. The van der Waals surface area contributed by atoms with Crippen molar-refractivity contribution < 1.29 is 0 Å².